The predicted octanol–water partition coefficient (Wildman–Crippen LogP) is 3.13. The van der Waals surface area contributed by atoms with Crippen molar-refractivity contribution in [2.45, 2.75) is 6.92 Å². The minimum Gasteiger partial charge on any atom is -0.384 e. The molecule has 0 unspecified atom stereocenters. The molecule has 0 bridgehead atoms. The molecule has 4 nitrogen and oxygen atoms in total. The van der Waals surface area contributed by atoms with Crippen molar-refractivity contribution in [1.82, 2.24) is 4.98 Å². The summed E-state index contributed by atoms with van der Waals surface area (Å²) in [4.78, 5) is 15.8. The topological polar surface area (TPSA) is 68.0 Å². The first-order valence-electron chi connectivity index (χ1n) is 5.46. The first kappa shape index (κ1) is 13.5. The summed E-state index contributed by atoms with van der Waals surface area (Å²) in [5.41, 5.74) is 7.08. The monoisotopic (exact) mass is 323 g/mol. The number of nitrogen functional groups attached to an aromatic ring is 1. The van der Waals surface area contributed by atoms with Crippen LogP contribution >= 0.6 is 15.9 Å². The Hall–Kier alpha value is -1.95. The second-order valence-electron chi connectivity index (χ2n) is 4.00. The summed E-state index contributed by atoms with van der Waals surface area (Å²) in [6, 6.07) is 5.90. The molecule has 1 aromatic heterocycles. The van der Waals surface area contributed by atoms with Gasteiger partial charge in [-0.1, -0.05) is 0 Å². The number of anilines is 2. The molecule has 0 fully saturated rings. The van der Waals surface area contributed by atoms with Gasteiger partial charge in [0.1, 0.15) is 11.6 Å². The number of benzene rings is 1. The minimum atomic E-state index is -0.372. The molecular formula is C13H11BrFN3O. The van der Waals surface area contributed by atoms with Crippen molar-refractivity contribution in [2.24, 2.45) is 0 Å². The Morgan fingerprint density at radius 1 is 1.42 bits per heavy atom. The number of pyridine rings is 1. The molecule has 1 heterocycles. The number of hydrogen-bond acceptors (Lipinski definition) is 3. The normalized spacial score (nSPS) is 10.3. The average molecular weight is 324 g/mol. The molecule has 6 heteroatoms. The lowest BCUT2D eigenvalue weighted by molar-refractivity contribution is 0.102. The molecule has 2 aromatic rings. The number of carbonyl (C=O) groups is 1. The Morgan fingerprint density at radius 3 is 2.84 bits per heavy atom. The van der Waals surface area contributed by atoms with Crippen LogP contribution in [0.3, 0.4) is 0 Å². The van der Waals surface area contributed by atoms with Crippen LogP contribution in [-0.4, -0.2) is 10.9 Å². The maximum absolute atomic E-state index is 13.3. The van der Waals surface area contributed by atoms with Crippen LogP contribution < -0.4 is 11.1 Å². The molecule has 98 valence electrons. The first-order valence-corrected chi connectivity index (χ1v) is 6.25. The van der Waals surface area contributed by atoms with E-state index in [0.29, 0.717) is 21.3 Å². The molecule has 0 spiro atoms. The number of hydrogen-bond donors (Lipinski definition) is 2. The SMILES string of the molecule is Cc1cc(F)c(Br)cc1NC(=O)c1ccnc(N)c1. The van der Waals surface area contributed by atoms with Crippen molar-refractivity contribution in [3.63, 3.8) is 0 Å². The van der Waals surface area contributed by atoms with Gasteiger partial charge in [0.15, 0.2) is 0 Å². The van der Waals surface area contributed by atoms with Crippen LogP contribution in [-0.2, 0) is 0 Å². The Labute approximate surface area is 118 Å². The van der Waals surface area contributed by atoms with Crippen LogP contribution in [0.4, 0.5) is 15.9 Å². The quantitative estimate of drug-likeness (QED) is 0.892. The van der Waals surface area contributed by atoms with Crippen molar-refractivity contribution in [2.75, 3.05) is 11.1 Å². The maximum Gasteiger partial charge on any atom is 0.255 e. The number of carbonyl (C=O) groups excluding carboxylic acids is 1. The molecule has 0 aliphatic heterocycles. The first-order chi connectivity index (χ1) is 8.97. The molecule has 1 amide bonds. The van der Waals surface area contributed by atoms with Crippen LogP contribution in [0.15, 0.2) is 34.9 Å². The summed E-state index contributed by atoms with van der Waals surface area (Å²) in [5.74, 6) is -0.427. The zero-order chi connectivity index (χ0) is 14.0. The van der Waals surface area contributed by atoms with E-state index in [0.717, 1.165) is 0 Å². The van der Waals surface area contributed by atoms with E-state index >= 15 is 0 Å². The second kappa shape index (κ2) is 5.36. The van der Waals surface area contributed by atoms with Crippen molar-refractivity contribution >= 4 is 33.3 Å². The molecule has 0 aliphatic rings. The Bertz CT molecular complexity index is 646. The summed E-state index contributed by atoms with van der Waals surface area (Å²) in [5, 5.41) is 2.70. The number of aromatic nitrogens is 1. The van der Waals surface area contributed by atoms with Crippen LogP contribution in [0.25, 0.3) is 0 Å². The molecule has 0 atom stereocenters. The summed E-state index contributed by atoms with van der Waals surface area (Å²) in [7, 11) is 0. The molecule has 0 aliphatic carbocycles. The van der Waals surface area contributed by atoms with Crippen molar-refractivity contribution in [3.05, 3.63) is 51.9 Å². The Balaban J connectivity index is 2.27. The van der Waals surface area contributed by atoms with E-state index in [1.165, 1.54) is 24.4 Å². The number of aryl methyl sites for hydroxylation is 1. The minimum absolute atomic E-state index is 0.268. The lowest BCUT2D eigenvalue weighted by Gasteiger charge is -2.09. The van der Waals surface area contributed by atoms with Crippen molar-refractivity contribution in [3.8, 4) is 0 Å². The molecule has 0 saturated carbocycles. The van der Waals surface area contributed by atoms with Crippen LogP contribution in [0.5, 0.6) is 0 Å². The lowest BCUT2D eigenvalue weighted by Crippen LogP contribution is -2.13. The van der Waals surface area contributed by atoms with Crippen LogP contribution in [0.2, 0.25) is 0 Å². The average Bonchev–Trinajstić information content (AvgIpc) is 2.36. The summed E-state index contributed by atoms with van der Waals surface area (Å²) < 4.78 is 13.6. The van der Waals surface area contributed by atoms with Gasteiger partial charge in [-0.2, -0.15) is 0 Å². The maximum atomic E-state index is 13.3. The van der Waals surface area contributed by atoms with Gasteiger partial charge < -0.3 is 11.1 Å². The number of nitrogens with one attached hydrogen (secondary N) is 1. The van der Waals surface area contributed by atoms with Crippen LogP contribution in [0, 0.1) is 12.7 Å². The fourth-order valence-corrected chi connectivity index (χ4v) is 1.91. The Kier molecular flexibility index (Phi) is 3.80. The van der Waals surface area contributed by atoms with E-state index in [4.69, 9.17) is 5.73 Å². The molecular weight excluding hydrogens is 313 g/mol. The van der Waals surface area contributed by atoms with Gasteiger partial charge in [-0.15, -0.1) is 0 Å². The lowest BCUT2D eigenvalue weighted by atomic mass is 10.1. The highest BCUT2D eigenvalue weighted by atomic mass is 79.9. The highest BCUT2D eigenvalue weighted by Crippen LogP contribution is 2.24. The molecule has 1 aromatic carbocycles. The third-order valence-electron chi connectivity index (χ3n) is 2.56. The van der Waals surface area contributed by atoms with E-state index < -0.39 is 0 Å². The zero-order valence-corrected chi connectivity index (χ0v) is 11.7. The van der Waals surface area contributed by atoms with Crippen LogP contribution in [0.1, 0.15) is 15.9 Å². The summed E-state index contributed by atoms with van der Waals surface area (Å²) >= 11 is 3.08. The largest absolute Gasteiger partial charge is 0.384 e. The number of nitrogens with zero attached hydrogens (tertiary/aromatic N) is 1. The van der Waals surface area contributed by atoms with E-state index in [2.05, 4.69) is 26.2 Å². The standard InChI is InChI=1S/C13H11BrFN3O/c1-7-4-10(15)9(14)6-11(7)18-13(19)8-2-3-17-12(16)5-8/h2-6H,1H3,(H2,16,17)(H,18,19). The van der Waals surface area contributed by atoms with E-state index in [9.17, 15) is 9.18 Å². The zero-order valence-electron chi connectivity index (χ0n) is 10.1. The van der Waals surface area contributed by atoms with E-state index in [1.807, 2.05) is 0 Å². The van der Waals surface area contributed by atoms with Gasteiger partial charge >= 0.3 is 0 Å². The number of rotatable bonds is 2. The van der Waals surface area contributed by atoms with E-state index in [1.54, 1.807) is 13.0 Å². The molecule has 2 rings (SSSR count). The van der Waals surface area contributed by atoms with Gasteiger partial charge in [-0.25, -0.2) is 9.37 Å². The number of nitrogens with two attached hydrogens (primary N) is 1. The highest BCUT2D eigenvalue weighted by molar-refractivity contribution is 9.10. The number of amides is 1. The number of halogens is 2. The molecule has 19 heavy (non-hydrogen) atoms. The smallest absolute Gasteiger partial charge is 0.255 e. The second-order valence-corrected chi connectivity index (χ2v) is 4.86. The molecule has 0 radical (unpaired) electrons. The van der Waals surface area contributed by atoms with Gasteiger partial charge in [0, 0.05) is 17.4 Å². The van der Waals surface area contributed by atoms with Gasteiger partial charge in [0.05, 0.1) is 4.47 Å². The van der Waals surface area contributed by atoms with Crippen molar-refractivity contribution < 1.29 is 9.18 Å². The molecule has 0 saturated heterocycles. The van der Waals surface area contributed by atoms with E-state index in [-0.39, 0.29) is 17.5 Å². The summed E-state index contributed by atoms with van der Waals surface area (Å²) in [6.45, 7) is 1.71. The molecule has 3 N–H and O–H groups in total. The van der Waals surface area contributed by atoms with Gasteiger partial charge in [-0.05, 0) is 52.7 Å². The fourth-order valence-electron chi connectivity index (χ4n) is 1.57. The van der Waals surface area contributed by atoms with Gasteiger partial charge in [-0.3, -0.25) is 4.79 Å². The third kappa shape index (κ3) is 3.08. The van der Waals surface area contributed by atoms with Gasteiger partial charge in [0.2, 0.25) is 0 Å². The third-order valence-corrected chi connectivity index (χ3v) is 3.17. The fraction of sp³-hybridized carbons (Fsp3) is 0.0769. The van der Waals surface area contributed by atoms with Crippen molar-refractivity contribution in [1.29, 1.82) is 0 Å². The summed E-state index contributed by atoms with van der Waals surface area (Å²) in [6.07, 6.45) is 1.46. The Morgan fingerprint density at radius 2 is 2.16 bits per heavy atom. The predicted molar refractivity (Wildman–Crippen MR) is 75.4 cm³/mol. The van der Waals surface area contributed by atoms with Gasteiger partial charge in [0.25, 0.3) is 5.91 Å². The highest BCUT2D eigenvalue weighted by Gasteiger charge is 2.10.